The fraction of sp³-hybridized carbons (Fsp3) is 0.200. The van der Waals surface area contributed by atoms with Crippen LogP contribution >= 0.6 is 28.6 Å². The molecule has 4 nitrogen and oxygen atoms in total. The first kappa shape index (κ1) is 29.9. The molecule has 0 aromatic heterocycles. The molecule has 0 aliphatic rings. The van der Waals surface area contributed by atoms with Crippen LogP contribution in [0.4, 0.5) is 0 Å². The molecule has 4 aromatic carbocycles. The minimum absolute atomic E-state index is 0.0820. The van der Waals surface area contributed by atoms with Crippen molar-refractivity contribution in [3.05, 3.63) is 146 Å². The topological polar surface area (TPSA) is 57.7 Å². The van der Waals surface area contributed by atoms with Crippen molar-refractivity contribution >= 4 is 33.9 Å². The van der Waals surface area contributed by atoms with Crippen LogP contribution in [0.1, 0.15) is 28.8 Å². The first-order valence-electron chi connectivity index (χ1n) is 12.0. The average Bonchev–Trinajstić information content (AvgIpc) is 2.94. The number of halogens is 1. The van der Waals surface area contributed by atoms with E-state index in [4.69, 9.17) is 19.6 Å². The first-order valence-corrected chi connectivity index (χ1v) is 15.8. The minimum atomic E-state index is -2.89. The Hall–Kier alpha value is -1.60. The fourth-order valence-electron chi connectivity index (χ4n) is 3.89. The second-order valence-corrected chi connectivity index (χ2v) is 12.8. The molecule has 199 valence electrons. The van der Waals surface area contributed by atoms with E-state index < -0.39 is 5.96 Å². The number of rotatable bonds is 10. The van der Waals surface area contributed by atoms with Crippen molar-refractivity contribution in [2.75, 3.05) is 20.7 Å². The number of likely N-dealkylation sites (N-methyl/N-ethyl adjacent to an activating group) is 2. The molecule has 0 saturated carbocycles. The van der Waals surface area contributed by atoms with Crippen LogP contribution in [0.5, 0.6) is 0 Å². The summed E-state index contributed by atoms with van der Waals surface area (Å²) in [6.07, 6.45) is 0.752. The van der Waals surface area contributed by atoms with E-state index in [0.29, 0.717) is 11.9 Å². The molecule has 4 aromatic rings. The van der Waals surface area contributed by atoms with Gasteiger partial charge in [-0.15, -0.1) is 12.1 Å². The van der Waals surface area contributed by atoms with E-state index in [9.17, 15) is 4.89 Å². The third-order valence-electron chi connectivity index (χ3n) is 5.77. The van der Waals surface area contributed by atoms with Crippen molar-refractivity contribution in [1.29, 1.82) is 0 Å². The summed E-state index contributed by atoms with van der Waals surface area (Å²) in [4.78, 5) is 10.2. The van der Waals surface area contributed by atoms with Gasteiger partial charge in [0.2, 0.25) is 0 Å². The zero-order chi connectivity index (χ0) is 26.5. The van der Waals surface area contributed by atoms with Crippen LogP contribution in [0.25, 0.3) is 10.6 Å². The number of hydrogen-bond acceptors (Lipinski definition) is 2. The molecular formula is C30H32CuIN2O2P-2. The van der Waals surface area contributed by atoms with Gasteiger partial charge in [0.25, 0.3) is 0 Å². The van der Waals surface area contributed by atoms with Crippen LogP contribution in [-0.2, 0) is 26.0 Å². The normalized spacial score (nSPS) is 14.1. The zero-order valence-corrected chi connectivity index (χ0v) is 24.9. The van der Waals surface area contributed by atoms with Crippen molar-refractivity contribution in [1.82, 2.24) is 0 Å². The van der Waals surface area contributed by atoms with Gasteiger partial charge in [-0.3, -0.25) is 0 Å². The number of benzene rings is 4. The van der Waals surface area contributed by atoms with Gasteiger partial charge < -0.3 is 10.6 Å². The molecule has 0 bridgehead atoms. The van der Waals surface area contributed by atoms with E-state index in [0.717, 1.165) is 6.42 Å². The van der Waals surface area contributed by atoms with Gasteiger partial charge in [-0.05, 0) is 0 Å². The summed E-state index contributed by atoms with van der Waals surface area (Å²) in [6, 6.07) is 38.2. The van der Waals surface area contributed by atoms with Gasteiger partial charge in [-0.1, -0.05) is 71.8 Å². The van der Waals surface area contributed by atoms with E-state index in [1.807, 2.05) is 93.0 Å². The Morgan fingerprint density at radius 1 is 0.730 bits per heavy atom. The fourth-order valence-corrected chi connectivity index (χ4v) is 6.21. The molecule has 37 heavy (non-hydrogen) atoms. The van der Waals surface area contributed by atoms with Crippen molar-refractivity contribution in [3.63, 3.8) is 0 Å². The maximum atomic E-state index is 10.2. The van der Waals surface area contributed by atoms with Gasteiger partial charge in [0.05, 0.1) is 0 Å². The molecule has 0 fully saturated rings. The van der Waals surface area contributed by atoms with Crippen molar-refractivity contribution in [3.8, 4) is 0 Å². The molecule has 0 saturated heterocycles. The van der Waals surface area contributed by atoms with E-state index in [1.165, 1.54) is 20.3 Å². The summed E-state index contributed by atoms with van der Waals surface area (Å²) in [6.45, 7) is 0.428. The van der Waals surface area contributed by atoms with Crippen LogP contribution in [-0.4, -0.2) is 25.6 Å². The molecule has 0 amide bonds. The van der Waals surface area contributed by atoms with Gasteiger partial charge in [0.15, 0.2) is 0 Å². The van der Waals surface area contributed by atoms with Crippen LogP contribution < -0.4 is 5.30 Å². The van der Waals surface area contributed by atoms with Crippen molar-refractivity contribution in [2.45, 2.75) is 18.5 Å². The van der Waals surface area contributed by atoms with Crippen molar-refractivity contribution in [2.24, 2.45) is 0 Å². The van der Waals surface area contributed by atoms with Crippen LogP contribution in [0.15, 0.2) is 115 Å². The van der Waals surface area contributed by atoms with Crippen molar-refractivity contribution < 1.29 is 24.5 Å². The summed E-state index contributed by atoms with van der Waals surface area (Å²) in [7, 11) is 3.72. The molecule has 1 N–H and O–H groups in total. The number of nitrogens with zero attached hydrogens (tertiary/aromatic N) is 2. The molecular weight excluding hydrogens is 642 g/mol. The molecule has 0 unspecified atom stereocenters. The van der Waals surface area contributed by atoms with Crippen LogP contribution in [0, 0.1) is 3.57 Å². The maximum absolute atomic E-state index is 10.2. The SMILES string of the molecule is C[N-][C@H](c1ccccc1)[C@@H]([N-]C)c1ccccc1.O[P@](=[Cu])(OCCc1ccccc1I)c1ccccc1. The first-order chi connectivity index (χ1) is 18.0. The monoisotopic (exact) mass is 673 g/mol. The predicted octanol–water partition coefficient (Wildman–Crippen LogP) is 7.95. The van der Waals surface area contributed by atoms with Crippen LogP contribution in [0.3, 0.4) is 0 Å². The average molecular weight is 674 g/mol. The molecule has 0 radical (unpaired) electrons. The standard InChI is InChI=1S/C16H18N2.C14H14IO2P.Cu/c1-17-15(13-9-5-3-6-10-13)16(18-2)14-11-7-4-8-12-14;15-14-9-5-4-6-12(14)10-11-17-18(16)13-7-2-1-3-8-13;/h3-12,15-16H,1-2H3;1-9,16H,10-11H2;/q-2;;/t15-,16+;18-;/m.1./s1. The third-order valence-corrected chi connectivity index (χ3v) is 9.32. The molecule has 3 atom stereocenters. The zero-order valence-electron chi connectivity index (χ0n) is 20.9. The Bertz CT molecular complexity index is 1200. The van der Waals surface area contributed by atoms with E-state index in [-0.39, 0.29) is 12.1 Å². The van der Waals surface area contributed by atoms with Gasteiger partial charge in [-0.25, -0.2) is 0 Å². The molecule has 0 spiro atoms. The van der Waals surface area contributed by atoms with Gasteiger partial charge in [0.1, 0.15) is 0 Å². The Morgan fingerprint density at radius 2 is 1.16 bits per heavy atom. The number of hydrogen-bond donors (Lipinski definition) is 1. The molecule has 4 rings (SSSR count). The quantitative estimate of drug-likeness (QED) is 0.106. The summed E-state index contributed by atoms with van der Waals surface area (Å²) < 4.78 is 6.75. The van der Waals surface area contributed by atoms with E-state index in [2.05, 4.69) is 69.6 Å². The Morgan fingerprint density at radius 3 is 1.62 bits per heavy atom. The Balaban J connectivity index is 0.000000206. The molecule has 7 heteroatoms. The molecule has 0 aliphatic heterocycles. The summed E-state index contributed by atoms with van der Waals surface area (Å²) >= 11 is 7.67. The second kappa shape index (κ2) is 15.7. The van der Waals surface area contributed by atoms with Gasteiger partial charge >= 0.3 is 135 Å². The second-order valence-electron chi connectivity index (χ2n) is 8.19. The van der Waals surface area contributed by atoms with Crippen LogP contribution in [0.2, 0.25) is 0 Å². The molecule has 0 heterocycles. The molecule has 0 aliphatic carbocycles. The van der Waals surface area contributed by atoms with Gasteiger partial charge in [-0.2, -0.15) is 14.1 Å². The Kier molecular flexibility index (Phi) is 12.7. The summed E-state index contributed by atoms with van der Waals surface area (Å²) in [5.74, 6) is -2.89. The van der Waals surface area contributed by atoms with Gasteiger partial charge in [0, 0.05) is 0 Å². The van der Waals surface area contributed by atoms with E-state index >= 15 is 0 Å². The van der Waals surface area contributed by atoms with E-state index in [1.54, 1.807) is 0 Å². The summed E-state index contributed by atoms with van der Waals surface area (Å²) in [5.41, 5.74) is 3.63. The summed E-state index contributed by atoms with van der Waals surface area (Å²) in [5, 5.41) is 9.72. The predicted molar refractivity (Wildman–Crippen MR) is 161 cm³/mol. The Labute approximate surface area is 242 Å². The third kappa shape index (κ3) is 9.27.